The summed E-state index contributed by atoms with van der Waals surface area (Å²) in [4.78, 5) is 11.7. The third-order valence-corrected chi connectivity index (χ3v) is 4.54. The molecule has 0 aliphatic carbocycles. The van der Waals surface area contributed by atoms with Crippen LogP contribution in [0.3, 0.4) is 0 Å². The fourth-order valence-electron chi connectivity index (χ4n) is 3.11. The molecule has 6 heteroatoms. The fourth-order valence-corrected chi connectivity index (χ4v) is 3.11. The molecule has 0 bridgehead atoms. The van der Waals surface area contributed by atoms with Crippen LogP contribution in [-0.4, -0.2) is 24.7 Å². The molecule has 0 fully saturated rings. The smallest absolute Gasteiger partial charge is 0.141 e. The molecule has 0 radical (unpaired) electrons. The van der Waals surface area contributed by atoms with Gasteiger partial charge in [0, 0.05) is 23.3 Å². The van der Waals surface area contributed by atoms with Gasteiger partial charge >= 0.3 is 0 Å². The molecule has 0 amide bonds. The molecule has 1 N–H and O–H groups in total. The SMILES string of the molecule is CCCCC(C)C(CC#N)n1cc(-c2ncnc3[nH]ccc23)cn1. The average molecular weight is 322 g/mol. The number of H-pyrrole nitrogens is 1. The molecule has 0 aliphatic heterocycles. The van der Waals surface area contributed by atoms with Gasteiger partial charge in [0.05, 0.1) is 30.4 Å². The van der Waals surface area contributed by atoms with Crippen molar-refractivity contribution in [2.75, 3.05) is 0 Å². The van der Waals surface area contributed by atoms with E-state index in [1.54, 1.807) is 6.33 Å². The topological polar surface area (TPSA) is 83.2 Å². The summed E-state index contributed by atoms with van der Waals surface area (Å²) in [5, 5.41) is 14.7. The fraction of sp³-hybridized carbons (Fsp3) is 0.444. The summed E-state index contributed by atoms with van der Waals surface area (Å²) >= 11 is 0. The molecule has 6 nitrogen and oxygen atoms in total. The first kappa shape index (κ1) is 16.2. The number of rotatable bonds is 7. The van der Waals surface area contributed by atoms with Gasteiger partial charge in [-0.3, -0.25) is 4.68 Å². The molecule has 0 saturated carbocycles. The van der Waals surface area contributed by atoms with Crippen molar-refractivity contribution in [3.63, 3.8) is 0 Å². The van der Waals surface area contributed by atoms with Gasteiger partial charge < -0.3 is 4.98 Å². The Morgan fingerprint density at radius 1 is 1.38 bits per heavy atom. The standard InChI is InChI=1S/C18H22N6/c1-3-4-5-13(2)16(6-8-19)24-11-14(10-23-24)17-15-7-9-20-18(15)22-12-21-17/h7,9-13,16H,3-6H2,1-2H3,(H,20,21,22). The molecule has 3 aromatic rings. The second-order valence-electron chi connectivity index (χ2n) is 6.22. The third-order valence-electron chi connectivity index (χ3n) is 4.54. The molecule has 0 saturated heterocycles. The first-order valence-corrected chi connectivity index (χ1v) is 8.44. The minimum absolute atomic E-state index is 0.0962. The summed E-state index contributed by atoms with van der Waals surface area (Å²) < 4.78 is 1.93. The zero-order valence-electron chi connectivity index (χ0n) is 14.1. The highest BCUT2D eigenvalue weighted by Crippen LogP contribution is 2.29. The van der Waals surface area contributed by atoms with Gasteiger partial charge in [-0.15, -0.1) is 0 Å². The number of fused-ring (bicyclic) bond motifs is 1. The summed E-state index contributed by atoms with van der Waals surface area (Å²) in [7, 11) is 0. The predicted octanol–water partition coefficient (Wildman–Crippen LogP) is 4.10. The first-order valence-electron chi connectivity index (χ1n) is 8.44. The molecule has 3 aromatic heterocycles. The summed E-state index contributed by atoms with van der Waals surface area (Å²) in [5.41, 5.74) is 2.63. The number of nitrogens with zero attached hydrogens (tertiary/aromatic N) is 5. The highest BCUT2D eigenvalue weighted by atomic mass is 15.3. The van der Waals surface area contributed by atoms with Crippen LogP contribution in [-0.2, 0) is 0 Å². The summed E-state index contributed by atoms with van der Waals surface area (Å²) in [6, 6.07) is 4.37. The molecule has 3 heterocycles. The molecule has 0 spiro atoms. The molecule has 0 aromatic carbocycles. The third kappa shape index (κ3) is 3.16. The Balaban J connectivity index is 1.91. The van der Waals surface area contributed by atoms with E-state index in [2.05, 4.69) is 40.0 Å². The Morgan fingerprint density at radius 2 is 2.25 bits per heavy atom. The number of unbranched alkanes of at least 4 members (excludes halogenated alkanes) is 1. The number of aromatic amines is 1. The number of nitriles is 1. The lowest BCUT2D eigenvalue weighted by Crippen LogP contribution is -2.17. The lowest BCUT2D eigenvalue weighted by Gasteiger charge is -2.22. The monoisotopic (exact) mass is 322 g/mol. The van der Waals surface area contributed by atoms with Gasteiger partial charge in [-0.2, -0.15) is 10.4 Å². The number of hydrogen-bond donors (Lipinski definition) is 1. The summed E-state index contributed by atoms with van der Waals surface area (Å²) in [6.45, 7) is 4.39. The van der Waals surface area contributed by atoms with Gasteiger partial charge in [-0.1, -0.05) is 26.7 Å². The second-order valence-corrected chi connectivity index (χ2v) is 6.22. The van der Waals surface area contributed by atoms with Gasteiger partial charge in [0.1, 0.15) is 12.0 Å². The molecule has 2 unspecified atom stereocenters. The molecular formula is C18H22N6. The van der Waals surface area contributed by atoms with Crippen molar-refractivity contribution in [3.05, 3.63) is 31.0 Å². The maximum atomic E-state index is 9.19. The Morgan fingerprint density at radius 3 is 3.04 bits per heavy atom. The highest BCUT2D eigenvalue weighted by Gasteiger charge is 2.20. The molecular weight excluding hydrogens is 300 g/mol. The van der Waals surface area contributed by atoms with Crippen LogP contribution >= 0.6 is 0 Å². The van der Waals surface area contributed by atoms with Crippen LogP contribution in [0.25, 0.3) is 22.3 Å². The van der Waals surface area contributed by atoms with Crippen LogP contribution in [0.2, 0.25) is 0 Å². The van der Waals surface area contributed by atoms with E-state index < -0.39 is 0 Å². The zero-order valence-corrected chi connectivity index (χ0v) is 14.1. The first-order chi connectivity index (χ1) is 11.7. The Kier molecular flexibility index (Phi) is 4.90. The van der Waals surface area contributed by atoms with E-state index in [9.17, 15) is 5.26 Å². The van der Waals surface area contributed by atoms with Crippen molar-refractivity contribution in [3.8, 4) is 17.3 Å². The summed E-state index contributed by atoms with van der Waals surface area (Å²) in [6.07, 6.45) is 11.2. The molecule has 0 aliphatic rings. The minimum Gasteiger partial charge on any atom is -0.346 e. The van der Waals surface area contributed by atoms with Crippen LogP contribution in [0.1, 0.15) is 45.6 Å². The Hall–Kier alpha value is -2.68. The zero-order chi connectivity index (χ0) is 16.9. The van der Waals surface area contributed by atoms with Gasteiger partial charge in [-0.25, -0.2) is 9.97 Å². The predicted molar refractivity (Wildman–Crippen MR) is 93.1 cm³/mol. The molecule has 2 atom stereocenters. The van der Waals surface area contributed by atoms with Gasteiger partial charge in [0.2, 0.25) is 0 Å². The van der Waals surface area contributed by atoms with Crippen molar-refractivity contribution < 1.29 is 0 Å². The number of aromatic nitrogens is 5. The van der Waals surface area contributed by atoms with Gasteiger partial charge in [-0.05, 0) is 18.4 Å². The Labute approximate surface area is 141 Å². The van der Waals surface area contributed by atoms with E-state index in [0.717, 1.165) is 28.7 Å². The van der Waals surface area contributed by atoms with Gasteiger partial charge in [0.25, 0.3) is 0 Å². The van der Waals surface area contributed by atoms with Crippen molar-refractivity contribution in [1.29, 1.82) is 5.26 Å². The lowest BCUT2D eigenvalue weighted by molar-refractivity contribution is 0.308. The van der Waals surface area contributed by atoms with Crippen molar-refractivity contribution in [2.24, 2.45) is 5.92 Å². The van der Waals surface area contributed by atoms with Crippen LogP contribution in [0, 0.1) is 17.2 Å². The van der Waals surface area contributed by atoms with E-state index in [-0.39, 0.29) is 6.04 Å². The van der Waals surface area contributed by atoms with Crippen LogP contribution in [0.15, 0.2) is 31.0 Å². The van der Waals surface area contributed by atoms with Crippen LogP contribution in [0.4, 0.5) is 0 Å². The normalized spacial score (nSPS) is 13.7. The van der Waals surface area contributed by atoms with Crippen molar-refractivity contribution in [2.45, 2.75) is 45.6 Å². The van der Waals surface area contributed by atoms with Crippen molar-refractivity contribution >= 4 is 11.0 Å². The van der Waals surface area contributed by atoms with Crippen LogP contribution in [0.5, 0.6) is 0 Å². The van der Waals surface area contributed by atoms with Crippen LogP contribution < -0.4 is 0 Å². The van der Waals surface area contributed by atoms with E-state index in [1.807, 2.05) is 29.3 Å². The van der Waals surface area contributed by atoms with E-state index in [4.69, 9.17) is 0 Å². The summed E-state index contributed by atoms with van der Waals surface area (Å²) in [5.74, 6) is 0.412. The molecule has 124 valence electrons. The molecule has 24 heavy (non-hydrogen) atoms. The Bertz CT molecular complexity index is 840. The second kappa shape index (κ2) is 7.26. The highest BCUT2D eigenvalue weighted by molar-refractivity contribution is 5.89. The maximum absolute atomic E-state index is 9.19. The van der Waals surface area contributed by atoms with E-state index >= 15 is 0 Å². The average Bonchev–Trinajstić information content (AvgIpc) is 3.26. The molecule has 3 rings (SSSR count). The minimum atomic E-state index is 0.0962. The number of nitrogens with one attached hydrogen (secondary N) is 1. The number of hydrogen-bond acceptors (Lipinski definition) is 4. The lowest BCUT2D eigenvalue weighted by atomic mass is 9.94. The largest absolute Gasteiger partial charge is 0.346 e. The quantitative estimate of drug-likeness (QED) is 0.709. The van der Waals surface area contributed by atoms with Crippen molar-refractivity contribution in [1.82, 2.24) is 24.7 Å². The maximum Gasteiger partial charge on any atom is 0.141 e. The van der Waals surface area contributed by atoms with E-state index in [0.29, 0.717) is 12.3 Å². The van der Waals surface area contributed by atoms with E-state index in [1.165, 1.54) is 12.8 Å². The van der Waals surface area contributed by atoms with Gasteiger partial charge in [0.15, 0.2) is 0 Å².